The Morgan fingerprint density at radius 1 is 1.29 bits per heavy atom. The van der Waals surface area contributed by atoms with Gasteiger partial charge >= 0.3 is 0 Å². The fraction of sp³-hybridized carbons (Fsp3) is 0.667. The molecule has 1 atom stereocenters. The van der Waals surface area contributed by atoms with Crippen LogP contribution in [0.3, 0.4) is 0 Å². The van der Waals surface area contributed by atoms with E-state index in [1.807, 2.05) is 6.20 Å². The van der Waals surface area contributed by atoms with E-state index in [9.17, 15) is 4.79 Å². The smallest absolute Gasteiger partial charge is 0.220 e. The molecule has 3 saturated heterocycles. The second-order valence-corrected chi connectivity index (χ2v) is 8.37. The lowest BCUT2D eigenvalue weighted by atomic mass is 9.79. The van der Waals surface area contributed by atoms with Gasteiger partial charge in [0.25, 0.3) is 0 Å². The lowest BCUT2D eigenvalue weighted by molar-refractivity contribution is -0.119. The van der Waals surface area contributed by atoms with Gasteiger partial charge in [-0.05, 0) is 44.2 Å². The predicted molar refractivity (Wildman–Crippen MR) is 111 cm³/mol. The zero-order valence-corrected chi connectivity index (χ0v) is 16.9. The Morgan fingerprint density at radius 2 is 2.14 bits per heavy atom. The topological polar surface area (TPSA) is 72.9 Å². The van der Waals surface area contributed by atoms with Crippen LogP contribution in [0.25, 0.3) is 0 Å². The number of nitrogens with zero attached hydrogens (tertiary/aromatic N) is 4. The van der Waals surface area contributed by atoms with Crippen molar-refractivity contribution < 1.29 is 4.79 Å². The Hall–Kier alpha value is -2.31. The summed E-state index contributed by atoms with van der Waals surface area (Å²) in [7, 11) is 0. The third-order valence-corrected chi connectivity index (χ3v) is 6.14. The van der Waals surface area contributed by atoms with E-state index in [0.717, 1.165) is 69.5 Å². The molecule has 0 aliphatic carbocycles. The number of hydrogen-bond acceptors (Lipinski definition) is 4. The van der Waals surface area contributed by atoms with Gasteiger partial charge in [-0.25, -0.2) is 9.98 Å². The van der Waals surface area contributed by atoms with E-state index in [1.54, 1.807) is 0 Å². The van der Waals surface area contributed by atoms with Gasteiger partial charge in [0.1, 0.15) is 5.82 Å². The van der Waals surface area contributed by atoms with Gasteiger partial charge in [-0.2, -0.15) is 0 Å². The molecular formula is C21H32N6O. The van der Waals surface area contributed by atoms with Crippen molar-refractivity contribution in [3.05, 3.63) is 23.9 Å². The number of hydrogen-bond donors (Lipinski definition) is 2. The fourth-order valence-electron chi connectivity index (χ4n) is 4.66. The lowest BCUT2D eigenvalue weighted by Crippen LogP contribution is -2.51. The summed E-state index contributed by atoms with van der Waals surface area (Å²) in [6.45, 7) is 8.47. The minimum Gasteiger partial charge on any atom is -0.357 e. The van der Waals surface area contributed by atoms with Crippen molar-refractivity contribution in [2.75, 3.05) is 44.2 Å². The molecule has 2 N–H and O–H groups in total. The zero-order chi connectivity index (χ0) is 19.4. The van der Waals surface area contributed by atoms with Crippen LogP contribution in [0.4, 0.5) is 5.82 Å². The van der Waals surface area contributed by atoms with Gasteiger partial charge in [-0.1, -0.05) is 6.07 Å². The third kappa shape index (κ3) is 4.23. The highest BCUT2D eigenvalue weighted by atomic mass is 16.1. The second-order valence-electron chi connectivity index (χ2n) is 8.37. The van der Waals surface area contributed by atoms with E-state index in [4.69, 9.17) is 4.99 Å². The number of anilines is 1. The number of amides is 1. The Labute approximate surface area is 167 Å². The van der Waals surface area contributed by atoms with Crippen LogP contribution in [-0.4, -0.2) is 61.0 Å². The first-order valence-electron chi connectivity index (χ1n) is 10.7. The van der Waals surface area contributed by atoms with Gasteiger partial charge in [-0.15, -0.1) is 0 Å². The summed E-state index contributed by atoms with van der Waals surface area (Å²) in [6, 6.07) is 4.26. The molecule has 4 rings (SSSR count). The van der Waals surface area contributed by atoms with E-state index in [1.165, 1.54) is 12.8 Å². The Morgan fingerprint density at radius 3 is 2.82 bits per heavy atom. The number of carbonyl (C=O) groups is 1. The number of likely N-dealkylation sites (tertiary alicyclic amines) is 1. The Bertz CT molecular complexity index is 712. The van der Waals surface area contributed by atoms with Crippen LogP contribution < -0.4 is 15.5 Å². The van der Waals surface area contributed by atoms with E-state index in [0.29, 0.717) is 13.0 Å². The summed E-state index contributed by atoms with van der Waals surface area (Å²) >= 11 is 0. The highest BCUT2D eigenvalue weighted by Crippen LogP contribution is 2.36. The van der Waals surface area contributed by atoms with Crippen molar-refractivity contribution in [2.45, 2.75) is 45.6 Å². The molecular weight excluding hydrogens is 352 g/mol. The largest absolute Gasteiger partial charge is 0.357 e. The molecule has 1 amide bonds. The van der Waals surface area contributed by atoms with Gasteiger partial charge in [0.2, 0.25) is 5.91 Å². The summed E-state index contributed by atoms with van der Waals surface area (Å²) in [5.74, 6) is 2.21. The predicted octanol–water partition coefficient (Wildman–Crippen LogP) is 1.75. The first kappa shape index (κ1) is 19.0. The van der Waals surface area contributed by atoms with Crippen molar-refractivity contribution in [2.24, 2.45) is 10.4 Å². The van der Waals surface area contributed by atoms with Crippen LogP contribution in [-0.2, 0) is 11.3 Å². The second kappa shape index (κ2) is 8.37. The fourth-order valence-corrected chi connectivity index (χ4v) is 4.66. The maximum atomic E-state index is 11.8. The number of aliphatic imine (C=N–C) groups is 1. The summed E-state index contributed by atoms with van der Waals surface area (Å²) < 4.78 is 0. The number of rotatable bonds is 4. The number of guanidine groups is 1. The van der Waals surface area contributed by atoms with Crippen molar-refractivity contribution in [3.8, 4) is 0 Å². The molecule has 1 aromatic rings. The monoisotopic (exact) mass is 384 g/mol. The Kier molecular flexibility index (Phi) is 5.69. The quantitative estimate of drug-likeness (QED) is 0.611. The highest BCUT2D eigenvalue weighted by molar-refractivity contribution is 5.81. The summed E-state index contributed by atoms with van der Waals surface area (Å²) in [5.41, 5.74) is 1.20. The van der Waals surface area contributed by atoms with Crippen LogP contribution in [0, 0.1) is 5.41 Å². The molecule has 0 radical (unpaired) electrons. The van der Waals surface area contributed by atoms with Gasteiger partial charge in [0.15, 0.2) is 5.96 Å². The van der Waals surface area contributed by atoms with E-state index in [-0.39, 0.29) is 11.3 Å². The average Bonchev–Trinajstić information content (AvgIpc) is 3.36. The SMILES string of the molecule is CCNC(=NCc1ccc(N2CCCC2)nc1)N1CCCC2(CNC(=O)C2)C1. The number of piperidine rings is 1. The van der Waals surface area contributed by atoms with Crippen LogP contribution >= 0.6 is 0 Å². The average molecular weight is 385 g/mol. The molecule has 1 spiro atoms. The molecule has 28 heavy (non-hydrogen) atoms. The molecule has 7 nitrogen and oxygen atoms in total. The van der Waals surface area contributed by atoms with Crippen LogP contribution in [0.5, 0.6) is 0 Å². The molecule has 1 unspecified atom stereocenters. The molecule has 3 aliphatic rings. The zero-order valence-electron chi connectivity index (χ0n) is 16.9. The summed E-state index contributed by atoms with van der Waals surface area (Å²) in [5, 5.41) is 6.46. The molecule has 0 saturated carbocycles. The third-order valence-electron chi connectivity index (χ3n) is 6.14. The first-order chi connectivity index (χ1) is 13.7. The highest BCUT2D eigenvalue weighted by Gasteiger charge is 2.42. The molecule has 1 aromatic heterocycles. The minimum atomic E-state index is 0.0739. The van der Waals surface area contributed by atoms with E-state index < -0.39 is 0 Å². The maximum absolute atomic E-state index is 11.8. The van der Waals surface area contributed by atoms with Crippen LogP contribution in [0.2, 0.25) is 0 Å². The number of aromatic nitrogens is 1. The van der Waals surface area contributed by atoms with Crippen molar-refractivity contribution in [1.29, 1.82) is 0 Å². The molecule has 0 bridgehead atoms. The summed E-state index contributed by atoms with van der Waals surface area (Å²) in [6.07, 6.45) is 7.34. The Balaban J connectivity index is 1.42. The molecule has 7 heteroatoms. The lowest BCUT2D eigenvalue weighted by Gasteiger charge is -2.40. The van der Waals surface area contributed by atoms with E-state index >= 15 is 0 Å². The molecule has 3 fully saturated rings. The minimum absolute atomic E-state index is 0.0739. The van der Waals surface area contributed by atoms with Crippen molar-refractivity contribution >= 4 is 17.7 Å². The van der Waals surface area contributed by atoms with Gasteiger partial charge in [0, 0.05) is 57.3 Å². The van der Waals surface area contributed by atoms with Gasteiger partial charge < -0.3 is 20.4 Å². The van der Waals surface area contributed by atoms with Gasteiger partial charge in [0.05, 0.1) is 6.54 Å². The first-order valence-corrected chi connectivity index (χ1v) is 10.7. The molecule has 4 heterocycles. The number of carbonyl (C=O) groups excluding carboxylic acids is 1. The maximum Gasteiger partial charge on any atom is 0.220 e. The summed E-state index contributed by atoms with van der Waals surface area (Å²) in [4.78, 5) is 26.0. The van der Waals surface area contributed by atoms with Crippen LogP contribution in [0.1, 0.15) is 44.6 Å². The van der Waals surface area contributed by atoms with Crippen molar-refractivity contribution in [3.63, 3.8) is 0 Å². The normalized spacial score (nSPS) is 25.5. The molecule has 152 valence electrons. The number of nitrogens with one attached hydrogen (secondary N) is 2. The van der Waals surface area contributed by atoms with E-state index in [2.05, 4.69) is 44.5 Å². The van der Waals surface area contributed by atoms with Crippen molar-refractivity contribution in [1.82, 2.24) is 20.5 Å². The number of pyridine rings is 1. The van der Waals surface area contributed by atoms with Gasteiger partial charge in [-0.3, -0.25) is 4.79 Å². The molecule has 0 aromatic carbocycles. The standard InChI is InChI=1S/C21H32N6O/c1-2-22-20(27-11-5-8-21(16-27)12-19(28)25-15-21)24-14-17-6-7-18(23-13-17)26-9-3-4-10-26/h6-7,13H,2-5,8-12,14-16H2,1H3,(H,22,24)(H,25,28). The molecule has 3 aliphatic heterocycles. The van der Waals surface area contributed by atoms with Crippen LogP contribution in [0.15, 0.2) is 23.3 Å².